The van der Waals surface area contributed by atoms with Gasteiger partial charge in [-0.25, -0.2) is 0 Å². The molecule has 2 aromatic heterocycles. The van der Waals surface area contributed by atoms with Crippen LogP contribution in [0.25, 0.3) is 117 Å². The van der Waals surface area contributed by atoms with Crippen LogP contribution >= 0.6 is 22.7 Å². The van der Waals surface area contributed by atoms with E-state index in [9.17, 15) is 0 Å². The maximum atomic E-state index is 2.46. The highest BCUT2D eigenvalue weighted by atomic mass is 32.1. The van der Waals surface area contributed by atoms with Gasteiger partial charge >= 0.3 is 0 Å². The predicted octanol–water partition coefficient (Wildman–Crippen LogP) is 16.0. The summed E-state index contributed by atoms with van der Waals surface area (Å²) in [5.41, 5.74) is 7.61. The van der Waals surface area contributed by atoms with Crippen LogP contribution in [0.1, 0.15) is 0 Å². The topological polar surface area (TPSA) is 0 Å². The Bertz CT molecular complexity index is 3430. The van der Waals surface area contributed by atoms with Crippen LogP contribution in [0.3, 0.4) is 0 Å². The van der Waals surface area contributed by atoms with Crippen LogP contribution in [0.5, 0.6) is 0 Å². The Kier molecular flexibility index (Phi) is 6.48. The lowest BCUT2D eigenvalue weighted by molar-refractivity contribution is 1.64. The third-order valence-corrected chi connectivity index (χ3v) is 13.8. The minimum absolute atomic E-state index is 1.24. The number of rotatable bonds is 3. The van der Waals surface area contributed by atoms with E-state index in [1.54, 1.807) is 0 Å². The van der Waals surface area contributed by atoms with E-state index in [2.05, 4.69) is 182 Å². The first-order valence-corrected chi connectivity index (χ1v) is 20.1. The van der Waals surface area contributed by atoms with E-state index in [0.29, 0.717) is 0 Å². The molecule has 0 spiro atoms. The van der Waals surface area contributed by atoms with Gasteiger partial charge in [0.05, 0.1) is 0 Å². The minimum Gasteiger partial charge on any atom is -0.135 e. The number of fused-ring (bicyclic) bond motifs is 11. The molecule has 12 rings (SSSR count). The first-order chi connectivity index (χ1) is 26.8. The van der Waals surface area contributed by atoms with Gasteiger partial charge in [-0.3, -0.25) is 0 Å². The summed E-state index contributed by atoms with van der Waals surface area (Å²) in [7, 11) is 0. The number of thiophene rings is 2. The molecule has 0 N–H and O–H groups in total. The van der Waals surface area contributed by atoms with Crippen LogP contribution < -0.4 is 0 Å². The third-order valence-electron chi connectivity index (χ3n) is 11.5. The highest BCUT2D eigenvalue weighted by Crippen LogP contribution is 2.48. The standard InChI is InChI=1S/C52H30S2/c1-2-12-31(13-3-1)34-25-26-42(37-17-7-6-16-36(34)37)51-40-20-10-8-18-38(40)50(39-19-9-11-21-41(39)51)33-23-27-47-44(28-33)46-29-45-43-24-22-32-14-4-5-15-35(32)52(43)54-49(45)30-48(46)53-47/h1-30H. The van der Waals surface area contributed by atoms with Gasteiger partial charge in [0, 0.05) is 40.3 Å². The molecule has 0 atom stereocenters. The van der Waals surface area contributed by atoms with Crippen LogP contribution in [0.15, 0.2) is 182 Å². The zero-order chi connectivity index (χ0) is 35.3. The molecule has 0 saturated carbocycles. The molecule has 0 bridgehead atoms. The van der Waals surface area contributed by atoms with Gasteiger partial charge in [0.15, 0.2) is 0 Å². The van der Waals surface area contributed by atoms with Gasteiger partial charge in [-0.2, -0.15) is 0 Å². The van der Waals surface area contributed by atoms with Gasteiger partial charge in [0.1, 0.15) is 0 Å². The molecule has 0 nitrogen and oxygen atoms in total. The highest BCUT2D eigenvalue weighted by molar-refractivity contribution is 7.28. The third kappa shape index (κ3) is 4.36. The lowest BCUT2D eigenvalue weighted by Gasteiger charge is -2.19. The van der Waals surface area contributed by atoms with Crippen LogP contribution in [0, 0.1) is 0 Å². The Morgan fingerprint density at radius 3 is 1.56 bits per heavy atom. The molecule has 250 valence electrons. The summed E-state index contributed by atoms with van der Waals surface area (Å²) < 4.78 is 5.42. The summed E-state index contributed by atoms with van der Waals surface area (Å²) >= 11 is 3.83. The number of benzene rings is 10. The lowest BCUT2D eigenvalue weighted by atomic mass is 9.83. The molecule has 54 heavy (non-hydrogen) atoms. The summed E-state index contributed by atoms with van der Waals surface area (Å²) in [5, 5.41) is 15.7. The molecule has 0 amide bonds. The molecular weight excluding hydrogens is 689 g/mol. The number of hydrogen-bond donors (Lipinski definition) is 0. The summed E-state index contributed by atoms with van der Waals surface area (Å²) in [4.78, 5) is 0. The van der Waals surface area contributed by atoms with Gasteiger partial charge in [0.25, 0.3) is 0 Å². The molecule has 0 saturated heterocycles. The van der Waals surface area contributed by atoms with Crippen LogP contribution in [-0.4, -0.2) is 0 Å². The SMILES string of the molecule is c1ccc(-c2ccc(-c3c4ccccc4c(-c4ccc5sc6cc7sc8c9ccccc9ccc8c7cc6c5c4)c4ccccc34)c3ccccc23)cc1. The maximum absolute atomic E-state index is 2.46. The monoisotopic (exact) mass is 718 g/mol. The summed E-state index contributed by atoms with van der Waals surface area (Å²) in [5.74, 6) is 0. The largest absolute Gasteiger partial charge is 0.135 e. The van der Waals surface area contributed by atoms with Crippen molar-refractivity contribution in [3.8, 4) is 33.4 Å². The summed E-state index contributed by atoms with van der Waals surface area (Å²) in [6.45, 7) is 0. The molecule has 12 aromatic rings. The first kappa shape index (κ1) is 30.2. The Labute approximate surface area is 319 Å². The highest BCUT2D eigenvalue weighted by Gasteiger charge is 2.20. The molecule has 0 aliphatic carbocycles. The van der Waals surface area contributed by atoms with Crippen molar-refractivity contribution in [3.63, 3.8) is 0 Å². The molecule has 0 aliphatic rings. The van der Waals surface area contributed by atoms with Gasteiger partial charge in [0.2, 0.25) is 0 Å². The van der Waals surface area contributed by atoms with Gasteiger partial charge in [-0.05, 0) is 101 Å². The molecule has 10 aromatic carbocycles. The molecule has 0 aliphatic heterocycles. The van der Waals surface area contributed by atoms with Crippen molar-refractivity contribution in [2.24, 2.45) is 0 Å². The molecule has 2 heterocycles. The Balaban J connectivity index is 1.11. The van der Waals surface area contributed by atoms with Crippen LogP contribution in [0.2, 0.25) is 0 Å². The smallest absolute Gasteiger partial charge is 0.0433 e. The van der Waals surface area contributed by atoms with Crippen LogP contribution in [0.4, 0.5) is 0 Å². The normalized spacial score (nSPS) is 12.1. The molecular formula is C52H30S2. The Morgan fingerprint density at radius 1 is 0.259 bits per heavy atom. The van der Waals surface area contributed by atoms with E-state index in [0.717, 1.165) is 0 Å². The lowest BCUT2D eigenvalue weighted by Crippen LogP contribution is -1.92. The van der Waals surface area contributed by atoms with Crippen molar-refractivity contribution in [1.29, 1.82) is 0 Å². The molecule has 0 unspecified atom stereocenters. The van der Waals surface area contributed by atoms with Crippen molar-refractivity contribution in [3.05, 3.63) is 182 Å². The van der Waals surface area contributed by atoms with E-state index in [4.69, 9.17) is 0 Å². The van der Waals surface area contributed by atoms with Crippen molar-refractivity contribution in [1.82, 2.24) is 0 Å². The summed E-state index contributed by atoms with van der Waals surface area (Å²) in [6, 6.07) is 67.8. The second-order valence-electron chi connectivity index (χ2n) is 14.3. The zero-order valence-electron chi connectivity index (χ0n) is 29.1. The summed E-state index contributed by atoms with van der Waals surface area (Å²) in [6.07, 6.45) is 0. The molecule has 2 heteroatoms. The molecule has 0 fully saturated rings. The number of hydrogen-bond acceptors (Lipinski definition) is 2. The van der Waals surface area contributed by atoms with Gasteiger partial charge in [-0.1, -0.05) is 158 Å². The second-order valence-corrected chi connectivity index (χ2v) is 16.5. The first-order valence-electron chi connectivity index (χ1n) is 18.5. The maximum Gasteiger partial charge on any atom is 0.0433 e. The van der Waals surface area contributed by atoms with Gasteiger partial charge < -0.3 is 0 Å². The fourth-order valence-electron chi connectivity index (χ4n) is 9.05. The fraction of sp³-hybridized carbons (Fsp3) is 0. The fourth-order valence-corrected chi connectivity index (χ4v) is 11.5. The zero-order valence-corrected chi connectivity index (χ0v) is 30.8. The Morgan fingerprint density at radius 2 is 0.815 bits per heavy atom. The van der Waals surface area contributed by atoms with E-state index < -0.39 is 0 Å². The van der Waals surface area contributed by atoms with Gasteiger partial charge in [-0.15, -0.1) is 22.7 Å². The van der Waals surface area contributed by atoms with E-state index in [1.165, 1.54) is 117 Å². The second kappa shape index (κ2) is 11.6. The van der Waals surface area contributed by atoms with E-state index in [1.807, 2.05) is 22.7 Å². The van der Waals surface area contributed by atoms with Crippen LogP contribution in [-0.2, 0) is 0 Å². The van der Waals surface area contributed by atoms with E-state index >= 15 is 0 Å². The van der Waals surface area contributed by atoms with E-state index in [-0.39, 0.29) is 0 Å². The average molecular weight is 719 g/mol. The van der Waals surface area contributed by atoms with Crippen molar-refractivity contribution < 1.29 is 0 Å². The average Bonchev–Trinajstić information content (AvgIpc) is 3.79. The minimum atomic E-state index is 1.24. The molecule has 0 radical (unpaired) electrons. The predicted molar refractivity (Wildman–Crippen MR) is 239 cm³/mol. The van der Waals surface area contributed by atoms with Crippen molar-refractivity contribution in [2.75, 3.05) is 0 Å². The Hall–Kier alpha value is -6.32. The quantitative estimate of drug-likeness (QED) is 0.160. The van der Waals surface area contributed by atoms with Crippen molar-refractivity contribution >= 4 is 106 Å². The van der Waals surface area contributed by atoms with Crippen molar-refractivity contribution in [2.45, 2.75) is 0 Å².